The Bertz CT molecular complexity index is 562. The summed E-state index contributed by atoms with van der Waals surface area (Å²) in [5.74, 6) is -0.193. The molecule has 1 aliphatic rings. The molecule has 0 aromatic carbocycles. The Labute approximate surface area is 236 Å². The number of rotatable bonds is 22. The summed E-state index contributed by atoms with van der Waals surface area (Å²) in [6.45, 7) is 15.1. The molecule has 224 valence electrons. The molecule has 0 saturated heterocycles. The number of hydrogen-bond donors (Lipinski definition) is 0. The number of ether oxygens (including phenoxy) is 2. The molecule has 4 nitrogen and oxygen atoms in total. The maximum Gasteiger partial charge on any atom is 0.308 e. The second-order valence-electron chi connectivity index (χ2n) is 13.7. The molecule has 1 saturated carbocycles. The van der Waals surface area contributed by atoms with Crippen molar-refractivity contribution in [1.82, 2.24) is 0 Å². The summed E-state index contributed by atoms with van der Waals surface area (Å²) in [5.41, 5.74) is 0.969. The molecule has 1 aliphatic carbocycles. The summed E-state index contributed by atoms with van der Waals surface area (Å²) in [5, 5.41) is 0. The Balaban J connectivity index is 1.98. The number of carbonyl (C=O) groups is 2. The first kappa shape index (κ1) is 35.0. The van der Waals surface area contributed by atoms with Gasteiger partial charge in [-0.25, -0.2) is 0 Å². The third kappa shape index (κ3) is 16.8. The lowest BCUT2D eigenvalue weighted by atomic mass is 9.82. The van der Waals surface area contributed by atoms with Crippen molar-refractivity contribution in [3.05, 3.63) is 0 Å². The highest BCUT2D eigenvalue weighted by Crippen LogP contribution is 2.31. The molecule has 0 aliphatic heterocycles. The van der Waals surface area contributed by atoms with Crippen LogP contribution in [0.1, 0.15) is 170 Å². The lowest BCUT2D eigenvalue weighted by Crippen LogP contribution is -2.28. The van der Waals surface area contributed by atoms with E-state index in [4.69, 9.17) is 9.47 Å². The molecule has 4 heteroatoms. The second kappa shape index (κ2) is 19.9. The van der Waals surface area contributed by atoms with Crippen LogP contribution >= 0.6 is 0 Å². The van der Waals surface area contributed by atoms with Crippen LogP contribution in [0.3, 0.4) is 0 Å². The van der Waals surface area contributed by atoms with Crippen LogP contribution in [0.5, 0.6) is 0 Å². The van der Waals surface area contributed by atoms with Crippen molar-refractivity contribution < 1.29 is 19.1 Å². The average molecular weight is 537 g/mol. The summed E-state index contributed by atoms with van der Waals surface area (Å²) < 4.78 is 11.1. The fourth-order valence-corrected chi connectivity index (χ4v) is 5.33. The maximum atomic E-state index is 12.4. The third-order valence-electron chi connectivity index (χ3n) is 9.29. The van der Waals surface area contributed by atoms with Crippen LogP contribution in [-0.4, -0.2) is 25.2 Å². The van der Waals surface area contributed by atoms with E-state index in [0.717, 1.165) is 51.4 Å². The Morgan fingerprint density at radius 3 is 1.13 bits per heavy atom. The van der Waals surface area contributed by atoms with Crippen molar-refractivity contribution in [2.24, 2.45) is 22.7 Å². The average Bonchev–Trinajstić information content (AvgIpc) is 2.90. The van der Waals surface area contributed by atoms with Crippen molar-refractivity contribution in [3.8, 4) is 0 Å². The molecular formula is C34H64O4. The van der Waals surface area contributed by atoms with Crippen molar-refractivity contribution in [2.45, 2.75) is 170 Å². The van der Waals surface area contributed by atoms with E-state index in [2.05, 4.69) is 41.5 Å². The van der Waals surface area contributed by atoms with Gasteiger partial charge in [-0.05, 0) is 62.2 Å². The van der Waals surface area contributed by atoms with Gasteiger partial charge in [0.05, 0.1) is 25.0 Å². The van der Waals surface area contributed by atoms with Crippen LogP contribution in [0.4, 0.5) is 0 Å². The molecule has 1 fully saturated rings. The van der Waals surface area contributed by atoms with Gasteiger partial charge in [-0.15, -0.1) is 0 Å². The van der Waals surface area contributed by atoms with E-state index < -0.39 is 0 Å². The van der Waals surface area contributed by atoms with Gasteiger partial charge in [0.15, 0.2) is 0 Å². The number of esters is 2. The van der Waals surface area contributed by atoms with Gasteiger partial charge < -0.3 is 9.47 Å². The summed E-state index contributed by atoms with van der Waals surface area (Å²) in [6.07, 6.45) is 22.7. The van der Waals surface area contributed by atoms with Crippen LogP contribution < -0.4 is 0 Å². The molecule has 38 heavy (non-hydrogen) atoms. The lowest BCUT2D eigenvalue weighted by Gasteiger charge is -2.26. The predicted molar refractivity (Wildman–Crippen MR) is 160 cm³/mol. The van der Waals surface area contributed by atoms with Gasteiger partial charge in [-0.2, -0.15) is 0 Å². The first-order valence-electron chi connectivity index (χ1n) is 16.4. The van der Waals surface area contributed by atoms with E-state index >= 15 is 0 Å². The van der Waals surface area contributed by atoms with Gasteiger partial charge in [0.1, 0.15) is 0 Å². The van der Waals surface area contributed by atoms with Gasteiger partial charge in [-0.3, -0.25) is 9.59 Å². The molecule has 0 aromatic heterocycles. The van der Waals surface area contributed by atoms with E-state index in [1.165, 1.54) is 77.0 Å². The smallest absolute Gasteiger partial charge is 0.308 e. The van der Waals surface area contributed by atoms with Crippen LogP contribution in [0.15, 0.2) is 0 Å². The Morgan fingerprint density at radius 2 is 0.816 bits per heavy atom. The van der Waals surface area contributed by atoms with Crippen LogP contribution in [-0.2, 0) is 19.1 Å². The topological polar surface area (TPSA) is 52.6 Å². The van der Waals surface area contributed by atoms with E-state index in [0.29, 0.717) is 24.0 Å². The molecule has 0 atom stereocenters. The normalized spacial score (nSPS) is 18.4. The molecule has 0 amide bonds. The maximum absolute atomic E-state index is 12.4. The van der Waals surface area contributed by atoms with Crippen molar-refractivity contribution in [3.63, 3.8) is 0 Å². The zero-order valence-corrected chi connectivity index (χ0v) is 26.3. The fourth-order valence-electron chi connectivity index (χ4n) is 5.33. The second-order valence-corrected chi connectivity index (χ2v) is 13.7. The highest BCUT2D eigenvalue weighted by atomic mass is 16.5. The highest BCUT2D eigenvalue weighted by Gasteiger charge is 2.31. The minimum atomic E-state index is -0.0585. The number of hydrogen-bond acceptors (Lipinski definition) is 4. The molecule has 0 bridgehead atoms. The summed E-state index contributed by atoms with van der Waals surface area (Å²) in [7, 11) is 0. The van der Waals surface area contributed by atoms with E-state index in [1.807, 2.05) is 0 Å². The Hall–Kier alpha value is -1.06. The lowest BCUT2D eigenvalue weighted by molar-refractivity contribution is -0.155. The van der Waals surface area contributed by atoms with Gasteiger partial charge in [0.25, 0.3) is 0 Å². The molecular weight excluding hydrogens is 472 g/mol. The monoisotopic (exact) mass is 536 g/mol. The van der Waals surface area contributed by atoms with Crippen molar-refractivity contribution in [1.29, 1.82) is 0 Å². The first-order valence-corrected chi connectivity index (χ1v) is 16.4. The van der Waals surface area contributed by atoms with Crippen LogP contribution in [0.2, 0.25) is 0 Å². The minimum Gasteiger partial charge on any atom is -0.465 e. The van der Waals surface area contributed by atoms with Crippen LogP contribution in [0, 0.1) is 22.7 Å². The summed E-state index contributed by atoms with van der Waals surface area (Å²) in [6, 6.07) is 0. The third-order valence-corrected chi connectivity index (χ3v) is 9.29. The van der Waals surface area contributed by atoms with E-state index in [-0.39, 0.29) is 23.8 Å². The summed E-state index contributed by atoms with van der Waals surface area (Å²) >= 11 is 0. The SMILES string of the molecule is CCC(C)(C)CCCCCCCCOC(=O)C1CCC(C(=O)OCCCCCCCCC(C)(C)CC)CC1. The molecule has 0 N–H and O–H groups in total. The van der Waals surface area contributed by atoms with Gasteiger partial charge >= 0.3 is 11.9 Å². The number of unbranched alkanes of at least 4 members (excludes halogenated alkanes) is 10. The quantitative estimate of drug-likeness (QED) is 0.102. The first-order chi connectivity index (χ1) is 18.1. The Morgan fingerprint density at radius 1 is 0.526 bits per heavy atom. The van der Waals surface area contributed by atoms with Gasteiger partial charge in [-0.1, -0.05) is 119 Å². The van der Waals surface area contributed by atoms with Gasteiger partial charge in [0.2, 0.25) is 0 Å². The van der Waals surface area contributed by atoms with Crippen molar-refractivity contribution in [2.75, 3.05) is 13.2 Å². The van der Waals surface area contributed by atoms with E-state index in [9.17, 15) is 9.59 Å². The molecule has 0 unspecified atom stereocenters. The minimum absolute atomic E-state index is 0.0381. The highest BCUT2D eigenvalue weighted by molar-refractivity contribution is 5.75. The van der Waals surface area contributed by atoms with Crippen LogP contribution in [0.25, 0.3) is 0 Å². The van der Waals surface area contributed by atoms with Crippen molar-refractivity contribution >= 4 is 11.9 Å². The Kier molecular flexibility index (Phi) is 18.3. The van der Waals surface area contributed by atoms with Gasteiger partial charge in [0, 0.05) is 0 Å². The molecule has 0 spiro atoms. The molecule has 0 aromatic rings. The molecule has 0 radical (unpaired) electrons. The standard InChI is InChI=1S/C34H64O4/c1-7-33(3,4)25-17-13-9-11-15-19-27-37-31(35)29-21-23-30(24-22-29)32(36)38-28-20-16-12-10-14-18-26-34(5,6)8-2/h29-30H,7-28H2,1-6H3. The predicted octanol–water partition coefficient (Wildman–Crippen LogP) is 10.2. The fraction of sp³-hybridized carbons (Fsp3) is 0.941. The van der Waals surface area contributed by atoms with E-state index in [1.54, 1.807) is 0 Å². The molecule has 1 rings (SSSR count). The number of carbonyl (C=O) groups excluding carboxylic acids is 2. The molecule has 0 heterocycles. The largest absolute Gasteiger partial charge is 0.465 e. The zero-order chi connectivity index (χ0) is 28.3. The zero-order valence-electron chi connectivity index (χ0n) is 26.3. The summed E-state index contributed by atoms with van der Waals surface area (Å²) in [4.78, 5) is 24.9.